The maximum absolute atomic E-state index is 11.1. The van der Waals surface area contributed by atoms with Crippen LogP contribution in [0, 0.1) is 0 Å². The van der Waals surface area contributed by atoms with Crippen LogP contribution in [0.1, 0.15) is 124 Å². The van der Waals surface area contributed by atoms with Crippen molar-refractivity contribution in [3.8, 4) is 0 Å². The van der Waals surface area contributed by atoms with E-state index in [2.05, 4.69) is 24.1 Å². The summed E-state index contributed by atoms with van der Waals surface area (Å²) in [5.74, 6) is -2.00. The van der Waals surface area contributed by atoms with Gasteiger partial charge in [0.1, 0.15) is 6.54 Å². The van der Waals surface area contributed by atoms with Gasteiger partial charge in [-0.15, -0.1) is 0 Å². The Bertz CT molecular complexity index is 485. The largest absolute Gasteiger partial charge is 0.480 e. The standard InChI is InChI=1S/C12H23NO3.C10H21NO.C2H4O3/c1-2-3-4-5-6-7-8-9-11(14)13-10-12(15)16;1-2-3-4-5-6-7-8-9-10(11)12;1-2(3)5-4/h2-10H2,1H3,(H,13,14)(H,15,16);2-9H2,1H3,(H2,11,12);4H,1H3. The number of hydrogen-bond acceptors (Lipinski definition) is 6. The Morgan fingerprint density at radius 2 is 1.09 bits per heavy atom. The lowest BCUT2D eigenvalue weighted by Crippen LogP contribution is -2.28. The van der Waals surface area contributed by atoms with Gasteiger partial charge in [0.25, 0.3) is 0 Å². The summed E-state index contributed by atoms with van der Waals surface area (Å²) < 4.78 is 0. The minimum atomic E-state index is -0.993. The Hall–Kier alpha value is -2.16. The van der Waals surface area contributed by atoms with Crippen LogP contribution in [-0.4, -0.2) is 40.7 Å². The first-order valence-corrected chi connectivity index (χ1v) is 12.3. The van der Waals surface area contributed by atoms with Gasteiger partial charge >= 0.3 is 11.9 Å². The maximum atomic E-state index is 11.1. The number of carboxylic acid groups (broad SMARTS) is 1. The van der Waals surface area contributed by atoms with Crippen molar-refractivity contribution in [3.63, 3.8) is 0 Å². The van der Waals surface area contributed by atoms with Crippen LogP contribution in [0.15, 0.2) is 0 Å². The number of nitrogens with two attached hydrogens (primary N) is 1. The number of primary amides is 1. The van der Waals surface area contributed by atoms with E-state index in [0.29, 0.717) is 12.8 Å². The van der Waals surface area contributed by atoms with Gasteiger partial charge in [-0.25, -0.2) is 4.79 Å². The third-order valence-corrected chi connectivity index (χ3v) is 4.60. The van der Waals surface area contributed by atoms with Crippen LogP contribution in [0.2, 0.25) is 0 Å². The molecule has 0 atom stereocenters. The van der Waals surface area contributed by atoms with Gasteiger partial charge in [0.05, 0.1) is 0 Å². The lowest BCUT2D eigenvalue weighted by atomic mass is 10.1. The van der Waals surface area contributed by atoms with Crippen molar-refractivity contribution >= 4 is 23.8 Å². The third kappa shape index (κ3) is 44.3. The van der Waals surface area contributed by atoms with Crippen LogP contribution in [0.3, 0.4) is 0 Å². The molecule has 0 saturated heterocycles. The van der Waals surface area contributed by atoms with Crippen molar-refractivity contribution in [2.75, 3.05) is 6.54 Å². The van der Waals surface area contributed by atoms with Gasteiger partial charge in [0.2, 0.25) is 11.8 Å². The SMILES string of the molecule is CC(=O)OO.CCCCCCCCCC(=O)NCC(=O)O.CCCCCCCCCC(N)=O. The van der Waals surface area contributed by atoms with Gasteiger partial charge in [-0.2, -0.15) is 5.26 Å². The Labute approximate surface area is 199 Å². The number of hydrogen-bond donors (Lipinski definition) is 4. The molecule has 0 bridgehead atoms. The van der Waals surface area contributed by atoms with Crippen molar-refractivity contribution in [1.82, 2.24) is 5.32 Å². The fraction of sp³-hybridized carbons (Fsp3) is 0.833. The molecule has 9 nitrogen and oxygen atoms in total. The summed E-state index contributed by atoms with van der Waals surface area (Å²) in [4.78, 5) is 44.1. The molecule has 0 rings (SSSR count). The molecule has 0 radical (unpaired) electrons. The molecule has 2 amide bonds. The molecular weight excluding hydrogens is 428 g/mol. The average Bonchev–Trinajstić information content (AvgIpc) is 2.77. The monoisotopic (exact) mass is 476 g/mol. The molecule has 0 saturated carbocycles. The van der Waals surface area contributed by atoms with Crippen LogP contribution in [0.5, 0.6) is 0 Å². The molecule has 5 N–H and O–H groups in total. The Morgan fingerprint density at radius 3 is 1.42 bits per heavy atom. The second-order valence-electron chi connectivity index (χ2n) is 7.96. The van der Waals surface area contributed by atoms with E-state index in [9.17, 15) is 19.2 Å². The van der Waals surface area contributed by atoms with E-state index in [1.807, 2.05) is 0 Å². The van der Waals surface area contributed by atoms with Gasteiger partial charge in [-0.05, 0) is 12.8 Å². The molecule has 196 valence electrons. The van der Waals surface area contributed by atoms with E-state index in [4.69, 9.17) is 16.1 Å². The van der Waals surface area contributed by atoms with Crippen molar-refractivity contribution in [3.05, 3.63) is 0 Å². The van der Waals surface area contributed by atoms with Crippen LogP contribution < -0.4 is 11.1 Å². The van der Waals surface area contributed by atoms with Crippen LogP contribution in [0.4, 0.5) is 0 Å². The molecule has 0 fully saturated rings. The van der Waals surface area contributed by atoms with E-state index in [1.165, 1.54) is 64.2 Å². The van der Waals surface area contributed by atoms with Gasteiger partial charge in [-0.3, -0.25) is 14.4 Å². The number of carbonyl (C=O) groups is 4. The summed E-state index contributed by atoms with van der Waals surface area (Å²) in [5, 5.41) is 18.0. The highest BCUT2D eigenvalue weighted by atomic mass is 17.1. The predicted octanol–water partition coefficient (Wildman–Crippen LogP) is 4.96. The molecule has 0 aliphatic carbocycles. The first-order valence-electron chi connectivity index (χ1n) is 12.3. The van der Waals surface area contributed by atoms with Crippen molar-refractivity contribution < 1.29 is 34.4 Å². The van der Waals surface area contributed by atoms with E-state index in [-0.39, 0.29) is 18.4 Å². The number of aliphatic carboxylic acids is 1. The van der Waals surface area contributed by atoms with Gasteiger partial charge in [-0.1, -0.05) is 90.9 Å². The molecule has 0 heterocycles. The zero-order chi connectivity index (χ0) is 25.7. The van der Waals surface area contributed by atoms with Gasteiger partial charge in [0, 0.05) is 19.8 Å². The highest BCUT2D eigenvalue weighted by molar-refractivity contribution is 5.80. The summed E-state index contributed by atoms with van der Waals surface area (Å²) in [6.45, 7) is 5.25. The molecule has 0 spiro atoms. The molecule has 0 aliphatic rings. The average molecular weight is 477 g/mol. The molecule has 33 heavy (non-hydrogen) atoms. The Morgan fingerprint density at radius 1 is 0.727 bits per heavy atom. The highest BCUT2D eigenvalue weighted by Crippen LogP contribution is 2.08. The molecule has 0 aromatic heterocycles. The Balaban J connectivity index is -0.000000465. The fourth-order valence-electron chi connectivity index (χ4n) is 2.76. The normalized spacial score (nSPS) is 9.58. The summed E-state index contributed by atoms with van der Waals surface area (Å²) >= 11 is 0. The Kier molecular flexibility index (Phi) is 32.0. The molecule has 0 aliphatic heterocycles. The minimum Gasteiger partial charge on any atom is -0.480 e. The molecule has 0 aromatic rings. The van der Waals surface area contributed by atoms with E-state index >= 15 is 0 Å². The molecule has 0 aromatic carbocycles. The van der Waals surface area contributed by atoms with E-state index in [1.54, 1.807) is 0 Å². The van der Waals surface area contributed by atoms with Crippen molar-refractivity contribution in [2.45, 2.75) is 124 Å². The number of rotatable bonds is 18. The third-order valence-electron chi connectivity index (χ3n) is 4.60. The summed E-state index contributed by atoms with van der Waals surface area (Å²) in [5.41, 5.74) is 5.02. The topological polar surface area (TPSA) is 156 Å². The van der Waals surface area contributed by atoms with Crippen LogP contribution in [0.25, 0.3) is 0 Å². The molecule has 0 unspecified atom stereocenters. The van der Waals surface area contributed by atoms with E-state index < -0.39 is 11.9 Å². The summed E-state index contributed by atoms with van der Waals surface area (Å²) in [7, 11) is 0. The molecular formula is C24H48N2O7. The number of carbonyl (C=O) groups excluding carboxylic acids is 3. The zero-order valence-corrected chi connectivity index (χ0v) is 21.0. The maximum Gasteiger partial charge on any atom is 0.339 e. The second kappa shape index (κ2) is 29.8. The van der Waals surface area contributed by atoms with Crippen LogP contribution >= 0.6 is 0 Å². The number of amides is 2. The smallest absolute Gasteiger partial charge is 0.339 e. The zero-order valence-electron chi connectivity index (χ0n) is 21.0. The minimum absolute atomic E-state index is 0.157. The predicted molar refractivity (Wildman–Crippen MR) is 129 cm³/mol. The van der Waals surface area contributed by atoms with Gasteiger partial charge < -0.3 is 21.0 Å². The van der Waals surface area contributed by atoms with Crippen molar-refractivity contribution in [1.29, 1.82) is 0 Å². The quantitative estimate of drug-likeness (QED) is 0.124. The number of nitrogens with one attached hydrogen (secondary N) is 1. The fourth-order valence-corrected chi connectivity index (χ4v) is 2.76. The lowest BCUT2D eigenvalue weighted by molar-refractivity contribution is -0.231. The number of carboxylic acids is 1. The summed E-state index contributed by atoms with van der Waals surface area (Å²) in [6.07, 6.45) is 17.8. The number of unbranched alkanes of at least 4 members (excludes halogenated alkanes) is 12. The first-order chi connectivity index (χ1) is 15.7. The second-order valence-corrected chi connectivity index (χ2v) is 7.96. The van der Waals surface area contributed by atoms with Crippen molar-refractivity contribution in [2.24, 2.45) is 5.73 Å². The molecule has 9 heteroatoms. The lowest BCUT2D eigenvalue weighted by Gasteiger charge is -2.02. The van der Waals surface area contributed by atoms with Gasteiger partial charge in [0.15, 0.2) is 0 Å². The first kappa shape index (κ1) is 35.4. The van der Waals surface area contributed by atoms with Crippen LogP contribution in [-0.2, 0) is 24.1 Å². The van der Waals surface area contributed by atoms with E-state index in [0.717, 1.165) is 32.6 Å². The highest BCUT2D eigenvalue weighted by Gasteiger charge is 2.02. The summed E-state index contributed by atoms with van der Waals surface area (Å²) in [6, 6.07) is 0.